The molecule has 0 bridgehead atoms. The van der Waals surface area contributed by atoms with Gasteiger partial charge in [0, 0.05) is 56.1 Å². The van der Waals surface area contributed by atoms with Crippen LogP contribution in [0.25, 0.3) is 11.3 Å². The summed E-state index contributed by atoms with van der Waals surface area (Å²) in [6, 6.07) is 19.1. The number of piperazine rings is 1. The average molecular weight is 519 g/mol. The lowest BCUT2D eigenvalue weighted by Gasteiger charge is -2.34. The quantitative estimate of drug-likeness (QED) is 0.347. The maximum absolute atomic E-state index is 12.6. The fourth-order valence-corrected chi connectivity index (χ4v) is 4.42. The molecule has 1 amide bonds. The first kappa shape index (κ1) is 24.8. The van der Waals surface area contributed by atoms with Crippen LogP contribution in [0.15, 0.2) is 66.9 Å². The molecule has 10 nitrogen and oxygen atoms in total. The van der Waals surface area contributed by atoms with Gasteiger partial charge in [0.15, 0.2) is 0 Å². The molecule has 1 fully saturated rings. The van der Waals surface area contributed by atoms with E-state index >= 15 is 0 Å². The predicted octanol–water partition coefficient (Wildman–Crippen LogP) is 3.36. The van der Waals surface area contributed by atoms with E-state index in [1.165, 1.54) is 5.56 Å². The molecule has 0 unspecified atom stereocenters. The highest BCUT2D eigenvalue weighted by molar-refractivity contribution is 6.30. The van der Waals surface area contributed by atoms with Gasteiger partial charge in [0.2, 0.25) is 0 Å². The molecule has 0 radical (unpaired) electrons. The lowest BCUT2D eigenvalue weighted by molar-refractivity contribution is 0.101. The van der Waals surface area contributed by atoms with Crippen molar-refractivity contribution in [2.24, 2.45) is 0 Å². The predicted molar refractivity (Wildman–Crippen MR) is 140 cm³/mol. The van der Waals surface area contributed by atoms with Crippen molar-refractivity contribution in [3.63, 3.8) is 0 Å². The third-order valence-electron chi connectivity index (χ3n) is 6.24. The number of anilines is 1. The normalized spacial score (nSPS) is 14.4. The second-order valence-electron chi connectivity index (χ2n) is 8.67. The Bertz CT molecular complexity index is 1310. The van der Waals surface area contributed by atoms with E-state index in [1.54, 1.807) is 18.2 Å². The van der Waals surface area contributed by atoms with Crippen LogP contribution in [-0.4, -0.2) is 80.6 Å². The standard InChI is InChI=1S/C26H27ClN8O2/c27-21-9-7-19(8-10-21)24-20(4-3-11-28-24)18-35-14-12-34(13-15-35)16-17-37-23-6-2-1-5-22(23)25(36)29-26-30-32-33-31-26/h1-11H,12-18H2,(H2,29,30,31,32,33,36). The fraction of sp³-hybridized carbons (Fsp3) is 0.269. The molecule has 2 aromatic carbocycles. The van der Waals surface area contributed by atoms with Crippen molar-refractivity contribution in [1.82, 2.24) is 35.4 Å². The number of tetrazole rings is 1. The number of aromatic amines is 1. The number of amides is 1. The number of benzene rings is 2. The first-order chi connectivity index (χ1) is 18.2. The molecule has 190 valence electrons. The zero-order chi connectivity index (χ0) is 25.5. The molecule has 0 atom stereocenters. The number of rotatable bonds is 9. The van der Waals surface area contributed by atoms with Crippen LogP contribution in [0.5, 0.6) is 5.75 Å². The maximum Gasteiger partial charge on any atom is 0.270 e. The van der Waals surface area contributed by atoms with E-state index in [-0.39, 0.29) is 11.9 Å². The summed E-state index contributed by atoms with van der Waals surface area (Å²) < 4.78 is 5.98. The zero-order valence-corrected chi connectivity index (χ0v) is 20.9. The van der Waals surface area contributed by atoms with Gasteiger partial charge in [-0.3, -0.25) is 24.9 Å². The van der Waals surface area contributed by atoms with Gasteiger partial charge in [-0.2, -0.15) is 5.21 Å². The molecule has 5 rings (SSSR count). The van der Waals surface area contributed by atoms with Gasteiger partial charge in [-0.05, 0) is 41.1 Å². The molecule has 4 aromatic rings. The topological polar surface area (TPSA) is 112 Å². The van der Waals surface area contributed by atoms with Crippen molar-refractivity contribution >= 4 is 23.5 Å². The fourth-order valence-electron chi connectivity index (χ4n) is 4.29. The van der Waals surface area contributed by atoms with Crippen LogP contribution in [0.1, 0.15) is 15.9 Å². The number of hydrogen-bond acceptors (Lipinski definition) is 8. The summed E-state index contributed by atoms with van der Waals surface area (Å²) in [5, 5.41) is 16.6. The second kappa shape index (κ2) is 11.9. The van der Waals surface area contributed by atoms with Crippen molar-refractivity contribution in [3.8, 4) is 17.0 Å². The van der Waals surface area contributed by atoms with Gasteiger partial charge in [0.1, 0.15) is 12.4 Å². The molecule has 11 heteroatoms. The number of para-hydroxylation sites is 1. The summed E-state index contributed by atoms with van der Waals surface area (Å²) in [5.74, 6) is 0.289. The van der Waals surface area contributed by atoms with Crippen LogP contribution in [0.3, 0.4) is 0 Å². The van der Waals surface area contributed by atoms with Gasteiger partial charge >= 0.3 is 0 Å². The maximum atomic E-state index is 12.6. The van der Waals surface area contributed by atoms with Crippen molar-refractivity contribution in [3.05, 3.63) is 83.0 Å². The minimum atomic E-state index is -0.348. The Morgan fingerprint density at radius 2 is 1.78 bits per heavy atom. The molecule has 3 heterocycles. The molecular formula is C26H27ClN8O2. The van der Waals surface area contributed by atoms with E-state index in [0.29, 0.717) is 17.9 Å². The molecule has 2 N–H and O–H groups in total. The number of hydrogen-bond donors (Lipinski definition) is 2. The number of carbonyl (C=O) groups is 1. The Balaban J connectivity index is 1.11. The van der Waals surface area contributed by atoms with Crippen LogP contribution < -0.4 is 10.1 Å². The zero-order valence-electron chi connectivity index (χ0n) is 20.2. The minimum absolute atomic E-state index is 0.115. The van der Waals surface area contributed by atoms with Gasteiger partial charge in [0.25, 0.3) is 11.9 Å². The molecule has 1 saturated heterocycles. The van der Waals surface area contributed by atoms with Crippen molar-refractivity contribution in [2.45, 2.75) is 6.54 Å². The summed E-state index contributed by atoms with van der Waals surface area (Å²) in [6.45, 7) is 5.91. The van der Waals surface area contributed by atoms with Crippen molar-refractivity contribution < 1.29 is 9.53 Å². The monoisotopic (exact) mass is 518 g/mol. The summed E-state index contributed by atoms with van der Waals surface area (Å²) in [7, 11) is 0. The highest BCUT2D eigenvalue weighted by Crippen LogP contribution is 2.24. The summed E-state index contributed by atoms with van der Waals surface area (Å²) in [6.07, 6.45) is 1.83. The molecule has 0 saturated carbocycles. The Labute approximate surface area is 219 Å². The van der Waals surface area contributed by atoms with E-state index in [4.69, 9.17) is 16.3 Å². The minimum Gasteiger partial charge on any atom is -0.491 e. The van der Waals surface area contributed by atoms with E-state index in [2.05, 4.69) is 46.8 Å². The van der Waals surface area contributed by atoms with E-state index < -0.39 is 0 Å². The van der Waals surface area contributed by atoms with Gasteiger partial charge in [-0.25, -0.2) is 0 Å². The third kappa shape index (κ3) is 6.48. The van der Waals surface area contributed by atoms with E-state index in [9.17, 15) is 4.79 Å². The highest BCUT2D eigenvalue weighted by atomic mass is 35.5. The van der Waals surface area contributed by atoms with Crippen LogP contribution in [0, 0.1) is 0 Å². The van der Waals surface area contributed by atoms with Crippen molar-refractivity contribution in [2.75, 3.05) is 44.6 Å². The molecule has 2 aromatic heterocycles. The van der Waals surface area contributed by atoms with Gasteiger partial charge in [0.05, 0.1) is 11.3 Å². The number of aromatic nitrogens is 5. The van der Waals surface area contributed by atoms with Crippen molar-refractivity contribution in [1.29, 1.82) is 0 Å². The second-order valence-corrected chi connectivity index (χ2v) is 9.11. The number of pyridine rings is 1. The van der Waals surface area contributed by atoms with E-state index in [1.807, 2.05) is 42.6 Å². The number of carbonyl (C=O) groups excluding carboxylic acids is 1. The average Bonchev–Trinajstić information content (AvgIpc) is 3.44. The van der Waals surface area contributed by atoms with Crippen LogP contribution in [0.4, 0.5) is 5.95 Å². The Morgan fingerprint density at radius 1 is 1.00 bits per heavy atom. The third-order valence-corrected chi connectivity index (χ3v) is 6.49. The highest BCUT2D eigenvalue weighted by Gasteiger charge is 2.19. The summed E-state index contributed by atoms with van der Waals surface area (Å²) in [4.78, 5) is 22.0. The molecule has 1 aliphatic heterocycles. The molecular weight excluding hydrogens is 492 g/mol. The summed E-state index contributed by atoms with van der Waals surface area (Å²) >= 11 is 6.06. The number of H-pyrrole nitrogens is 1. The number of nitrogens with zero attached hydrogens (tertiary/aromatic N) is 6. The first-order valence-corrected chi connectivity index (χ1v) is 12.4. The molecule has 0 aliphatic carbocycles. The number of halogens is 1. The Morgan fingerprint density at radius 3 is 2.57 bits per heavy atom. The molecule has 0 spiro atoms. The smallest absolute Gasteiger partial charge is 0.270 e. The Hall–Kier alpha value is -3.86. The van der Waals surface area contributed by atoms with Gasteiger partial charge in [-0.15, -0.1) is 5.10 Å². The number of nitrogens with one attached hydrogen (secondary N) is 2. The van der Waals surface area contributed by atoms with Gasteiger partial charge in [-0.1, -0.05) is 47.0 Å². The first-order valence-electron chi connectivity index (χ1n) is 12.1. The van der Waals surface area contributed by atoms with Crippen LogP contribution >= 0.6 is 11.6 Å². The lowest BCUT2D eigenvalue weighted by Crippen LogP contribution is -2.47. The molecule has 37 heavy (non-hydrogen) atoms. The largest absolute Gasteiger partial charge is 0.491 e. The SMILES string of the molecule is O=C(Nc1nn[nH]n1)c1ccccc1OCCN1CCN(Cc2cccnc2-c2ccc(Cl)cc2)CC1. The summed E-state index contributed by atoms with van der Waals surface area (Å²) in [5.41, 5.74) is 3.70. The Kier molecular flexibility index (Phi) is 7.99. The van der Waals surface area contributed by atoms with E-state index in [0.717, 1.165) is 55.5 Å². The number of ether oxygens (including phenoxy) is 1. The lowest BCUT2D eigenvalue weighted by atomic mass is 10.1. The van der Waals surface area contributed by atoms with Gasteiger partial charge < -0.3 is 4.74 Å². The van der Waals surface area contributed by atoms with Crippen LogP contribution in [0.2, 0.25) is 5.02 Å². The van der Waals surface area contributed by atoms with Crippen LogP contribution in [-0.2, 0) is 6.54 Å². The molecule has 1 aliphatic rings.